The van der Waals surface area contributed by atoms with Gasteiger partial charge in [0.05, 0.1) is 38.6 Å². The Morgan fingerprint density at radius 3 is 1.10 bits per heavy atom. The second-order valence-corrected chi connectivity index (χ2v) is 27.5. The molecule has 0 bridgehead atoms. The van der Waals surface area contributed by atoms with E-state index in [2.05, 4.69) is 55.6 Å². The van der Waals surface area contributed by atoms with Crippen molar-refractivity contribution < 1.29 is 89.4 Å². The van der Waals surface area contributed by atoms with Crippen LogP contribution in [0.25, 0.3) is 0 Å². The minimum atomic E-state index is -1.97. The molecular formula is C75H139NO18. The van der Waals surface area contributed by atoms with Gasteiger partial charge in [0, 0.05) is 6.42 Å². The molecule has 19 heteroatoms. The van der Waals surface area contributed by atoms with Crippen LogP contribution >= 0.6 is 0 Å². The Labute approximate surface area is 568 Å². The summed E-state index contributed by atoms with van der Waals surface area (Å²) in [6, 6.07) is -0.888. The maximum atomic E-state index is 13.5. The zero-order chi connectivity index (χ0) is 68.2. The van der Waals surface area contributed by atoms with Crippen LogP contribution in [0.2, 0.25) is 0 Å². The number of aliphatic hydroxyl groups is 11. The highest BCUT2D eigenvalue weighted by Gasteiger charge is 2.53. The summed E-state index contributed by atoms with van der Waals surface area (Å²) in [6.45, 7) is 1.83. The van der Waals surface area contributed by atoms with Crippen LogP contribution < -0.4 is 5.32 Å². The minimum Gasteiger partial charge on any atom is -0.394 e. The maximum absolute atomic E-state index is 13.5. The summed E-state index contributed by atoms with van der Waals surface area (Å²) in [7, 11) is 0. The molecule has 0 radical (unpaired) electrons. The third kappa shape index (κ3) is 37.4. The molecule has 0 aromatic carbocycles. The molecule has 0 aromatic heterocycles. The van der Waals surface area contributed by atoms with E-state index in [1.165, 1.54) is 212 Å². The summed E-state index contributed by atoms with van der Waals surface area (Å²) < 4.78 is 34.5. The number of hydrogen-bond donors (Lipinski definition) is 12. The Balaban J connectivity index is 1.38. The van der Waals surface area contributed by atoms with Crippen LogP contribution in [0, 0.1) is 0 Å². The fourth-order valence-corrected chi connectivity index (χ4v) is 13.0. The lowest BCUT2D eigenvalue weighted by Crippen LogP contribution is -2.66. The van der Waals surface area contributed by atoms with Crippen LogP contribution in [-0.2, 0) is 33.2 Å². The number of nitrogens with one attached hydrogen (secondary N) is 1. The van der Waals surface area contributed by atoms with E-state index >= 15 is 0 Å². The number of rotatable bonds is 60. The van der Waals surface area contributed by atoms with Crippen molar-refractivity contribution in [3.05, 3.63) is 36.5 Å². The van der Waals surface area contributed by atoms with E-state index in [0.717, 1.165) is 57.8 Å². The molecule has 0 saturated carbocycles. The molecule has 1 amide bonds. The van der Waals surface area contributed by atoms with Gasteiger partial charge in [-0.3, -0.25) is 4.79 Å². The van der Waals surface area contributed by atoms with Gasteiger partial charge >= 0.3 is 0 Å². The first kappa shape index (κ1) is 86.2. The van der Waals surface area contributed by atoms with Crippen molar-refractivity contribution >= 4 is 5.91 Å². The normalized spacial score (nSPS) is 27.5. The molecule has 3 aliphatic heterocycles. The largest absolute Gasteiger partial charge is 0.394 e. The molecule has 3 saturated heterocycles. The highest BCUT2D eigenvalue weighted by Crippen LogP contribution is 2.33. The lowest BCUT2D eigenvalue weighted by molar-refractivity contribution is -0.379. The summed E-state index contributed by atoms with van der Waals surface area (Å²) in [5.74, 6) is -0.240. The van der Waals surface area contributed by atoms with E-state index in [9.17, 15) is 61.0 Å². The molecule has 3 heterocycles. The van der Waals surface area contributed by atoms with Crippen molar-refractivity contribution in [2.75, 3.05) is 26.4 Å². The zero-order valence-electron chi connectivity index (χ0n) is 58.7. The van der Waals surface area contributed by atoms with Crippen molar-refractivity contribution in [2.45, 2.75) is 407 Å². The molecule has 3 fully saturated rings. The van der Waals surface area contributed by atoms with Crippen molar-refractivity contribution in [3.8, 4) is 0 Å². The van der Waals surface area contributed by atoms with Crippen LogP contribution in [0.5, 0.6) is 0 Å². The van der Waals surface area contributed by atoms with E-state index in [-0.39, 0.29) is 18.9 Å². The molecule has 17 unspecified atom stereocenters. The maximum Gasteiger partial charge on any atom is 0.220 e. The molecule has 94 heavy (non-hydrogen) atoms. The van der Waals surface area contributed by atoms with Crippen LogP contribution in [0.1, 0.15) is 303 Å². The van der Waals surface area contributed by atoms with Crippen LogP contribution in [0.15, 0.2) is 36.5 Å². The fraction of sp³-hybridized carbons (Fsp3) is 0.907. The first-order valence-electron chi connectivity index (χ1n) is 38.2. The number of ether oxygens (including phenoxy) is 6. The third-order valence-electron chi connectivity index (χ3n) is 19.2. The minimum absolute atomic E-state index is 0.240. The van der Waals surface area contributed by atoms with E-state index in [1.54, 1.807) is 0 Å². The number of amides is 1. The monoisotopic (exact) mass is 1340 g/mol. The number of carbonyl (C=O) groups is 1. The highest BCUT2D eigenvalue weighted by molar-refractivity contribution is 5.76. The summed E-state index contributed by atoms with van der Waals surface area (Å²) in [4.78, 5) is 13.5. The Morgan fingerprint density at radius 2 is 0.702 bits per heavy atom. The van der Waals surface area contributed by atoms with Crippen LogP contribution in [-0.4, -0.2) is 193 Å². The SMILES string of the molecule is CCCCCCC/C=C\C/C=C\C/C=C\CCCCCCCCCCCCCCCCC(=O)NC(COC1OC(CO)C(OC2OC(CO)C(OC3OC(CO)C(O)C(O)C3O)C(O)C2O)C(O)C1O)C(O)CCCCCCCCCCCCCCCCCCCCCC. The van der Waals surface area contributed by atoms with Gasteiger partial charge < -0.3 is 89.9 Å². The smallest absolute Gasteiger partial charge is 0.220 e. The van der Waals surface area contributed by atoms with E-state index < -0.39 is 124 Å². The first-order valence-corrected chi connectivity index (χ1v) is 38.2. The van der Waals surface area contributed by atoms with Gasteiger partial charge in [-0.1, -0.05) is 281 Å². The van der Waals surface area contributed by atoms with Crippen LogP contribution in [0.4, 0.5) is 0 Å². The fourth-order valence-electron chi connectivity index (χ4n) is 13.0. The van der Waals surface area contributed by atoms with Crippen molar-refractivity contribution in [3.63, 3.8) is 0 Å². The van der Waals surface area contributed by atoms with E-state index in [1.807, 2.05) is 0 Å². The quantitative estimate of drug-likeness (QED) is 0.0199. The molecule has 12 N–H and O–H groups in total. The Morgan fingerprint density at radius 1 is 0.383 bits per heavy atom. The summed E-state index contributed by atoms with van der Waals surface area (Å²) in [5, 5.41) is 121. The molecule has 3 aliphatic rings. The topological polar surface area (TPSA) is 307 Å². The highest BCUT2D eigenvalue weighted by atomic mass is 16.8. The summed E-state index contributed by atoms with van der Waals surface area (Å²) in [6.07, 6.45) is 40.7. The Hall–Kier alpha value is -1.99. The van der Waals surface area contributed by atoms with Crippen LogP contribution in [0.3, 0.4) is 0 Å². The molecule has 0 aromatic rings. The van der Waals surface area contributed by atoms with Gasteiger partial charge in [-0.15, -0.1) is 0 Å². The van der Waals surface area contributed by atoms with E-state index in [0.29, 0.717) is 12.8 Å². The lowest BCUT2D eigenvalue weighted by Gasteiger charge is -2.48. The standard InChI is InChI=1S/C75H139NO18/c1-3-5-7-9-11-13-15-17-19-21-23-25-26-27-28-29-30-31-32-33-35-37-39-41-43-45-47-49-51-53-63(81)76-58(59(80)52-50-48-46-44-42-40-38-36-34-24-22-20-18-16-14-12-10-8-6-4-2)57-89-73-69(87)66(84)71(61(55-78)91-73)94-75-70(88)67(85)72(62(56-79)92-75)93-74-68(86)65(83)64(82)60(54-77)90-74/h15,17,21,23,26-27,58-62,64-75,77-80,82-88H,3-14,16,18-20,22,24-25,28-57H2,1-2H3,(H,76,81)/b17-15-,23-21-,27-26-. The number of unbranched alkanes of at least 4 members (excludes halogenated alkanes) is 38. The third-order valence-corrected chi connectivity index (χ3v) is 19.2. The number of hydrogen-bond acceptors (Lipinski definition) is 18. The second kappa shape index (κ2) is 56.7. The van der Waals surface area contributed by atoms with Crippen molar-refractivity contribution in [2.24, 2.45) is 0 Å². The molecule has 3 rings (SSSR count). The predicted octanol–water partition coefficient (Wildman–Crippen LogP) is 11.6. The van der Waals surface area contributed by atoms with Gasteiger partial charge in [-0.25, -0.2) is 0 Å². The van der Waals surface area contributed by atoms with Gasteiger partial charge in [0.1, 0.15) is 73.2 Å². The Bertz CT molecular complexity index is 1840. The van der Waals surface area contributed by atoms with Gasteiger partial charge in [-0.2, -0.15) is 0 Å². The van der Waals surface area contributed by atoms with Gasteiger partial charge in [-0.05, 0) is 51.4 Å². The van der Waals surface area contributed by atoms with E-state index in [4.69, 9.17) is 28.4 Å². The predicted molar refractivity (Wildman–Crippen MR) is 369 cm³/mol. The summed E-state index contributed by atoms with van der Waals surface area (Å²) >= 11 is 0. The number of carbonyl (C=O) groups excluding carboxylic acids is 1. The molecular weight excluding hydrogens is 1200 g/mol. The molecule has 19 nitrogen and oxygen atoms in total. The van der Waals surface area contributed by atoms with Crippen molar-refractivity contribution in [1.82, 2.24) is 5.32 Å². The Kier molecular flexibility index (Phi) is 52.0. The molecule has 17 atom stereocenters. The number of allylic oxidation sites excluding steroid dienone is 6. The first-order chi connectivity index (χ1) is 45.8. The molecule has 552 valence electrons. The summed E-state index contributed by atoms with van der Waals surface area (Å²) in [5.41, 5.74) is 0. The average Bonchev–Trinajstić information content (AvgIpc) is 0.787. The molecule has 0 spiro atoms. The number of aliphatic hydroxyl groups excluding tert-OH is 11. The average molecular weight is 1340 g/mol. The lowest BCUT2D eigenvalue weighted by atomic mass is 9.96. The second-order valence-electron chi connectivity index (χ2n) is 27.5. The zero-order valence-corrected chi connectivity index (χ0v) is 58.7. The van der Waals surface area contributed by atoms with Gasteiger partial charge in [0.25, 0.3) is 0 Å². The van der Waals surface area contributed by atoms with Gasteiger partial charge in [0.15, 0.2) is 18.9 Å². The molecule has 0 aliphatic carbocycles. The van der Waals surface area contributed by atoms with Crippen molar-refractivity contribution in [1.29, 1.82) is 0 Å². The van der Waals surface area contributed by atoms with Gasteiger partial charge in [0.2, 0.25) is 5.91 Å².